The fraction of sp³-hybridized carbons (Fsp3) is 0.320. The van der Waals surface area contributed by atoms with Gasteiger partial charge in [-0.15, -0.1) is 0 Å². The van der Waals surface area contributed by atoms with Crippen LogP contribution in [0.4, 0.5) is 14.5 Å². The van der Waals surface area contributed by atoms with E-state index in [9.17, 15) is 13.6 Å². The van der Waals surface area contributed by atoms with Crippen LogP contribution < -0.4 is 4.90 Å². The molecule has 2 fully saturated rings. The number of hydrogen-bond acceptors (Lipinski definition) is 4. The second-order valence-corrected chi connectivity index (χ2v) is 8.52. The first kappa shape index (κ1) is 22.6. The molecular formula is C25H25F2N3O3. The number of anilines is 1. The number of amides is 1. The highest BCUT2D eigenvalue weighted by atomic mass is 19.1. The monoisotopic (exact) mass is 453 g/mol. The van der Waals surface area contributed by atoms with E-state index in [0.29, 0.717) is 17.8 Å². The zero-order chi connectivity index (χ0) is 23.7. The van der Waals surface area contributed by atoms with Crippen LogP contribution in [0.1, 0.15) is 24.1 Å². The number of aromatic nitrogens is 1. The van der Waals surface area contributed by atoms with E-state index < -0.39 is 11.6 Å². The number of nitrogens with zero attached hydrogens (tertiary/aromatic N) is 3. The summed E-state index contributed by atoms with van der Waals surface area (Å²) in [5.74, 6) is -0.597. The number of aryl methyl sites for hydroxylation is 1. The minimum absolute atomic E-state index is 0.0141. The average molecular weight is 453 g/mol. The van der Waals surface area contributed by atoms with Crippen LogP contribution in [0.25, 0.3) is 10.9 Å². The molecule has 0 bridgehead atoms. The lowest BCUT2D eigenvalue weighted by atomic mass is 9.87. The van der Waals surface area contributed by atoms with Crippen molar-refractivity contribution in [2.45, 2.75) is 19.9 Å². The predicted octanol–water partition coefficient (Wildman–Crippen LogP) is 4.18. The smallest absolute Gasteiger partial charge is 0.290 e. The highest BCUT2D eigenvalue weighted by Gasteiger charge is 2.49. The summed E-state index contributed by atoms with van der Waals surface area (Å²) >= 11 is 0. The van der Waals surface area contributed by atoms with Crippen LogP contribution in [-0.2, 0) is 9.59 Å². The molecule has 0 unspecified atom stereocenters. The molecule has 172 valence electrons. The van der Waals surface area contributed by atoms with Crippen molar-refractivity contribution < 1.29 is 23.5 Å². The molecule has 3 heterocycles. The summed E-state index contributed by atoms with van der Waals surface area (Å²) in [5.41, 5.74) is 3.34. The molecule has 0 spiro atoms. The van der Waals surface area contributed by atoms with E-state index >= 15 is 0 Å². The lowest BCUT2D eigenvalue weighted by molar-refractivity contribution is -0.130. The Kier molecular flexibility index (Phi) is 6.26. The topological polar surface area (TPSA) is 73.7 Å². The zero-order valence-electron chi connectivity index (χ0n) is 18.4. The van der Waals surface area contributed by atoms with E-state index in [1.807, 2.05) is 23.1 Å². The van der Waals surface area contributed by atoms with E-state index in [1.165, 1.54) is 17.2 Å². The zero-order valence-corrected chi connectivity index (χ0v) is 18.4. The molecule has 6 nitrogen and oxygen atoms in total. The van der Waals surface area contributed by atoms with Crippen molar-refractivity contribution in [3.8, 4) is 0 Å². The van der Waals surface area contributed by atoms with E-state index in [0.717, 1.165) is 24.8 Å². The molecule has 5 rings (SSSR count). The number of fused-ring (bicyclic) bond motifs is 2. The van der Waals surface area contributed by atoms with Crippen LogP contribution in [0.3, 0.4) is 0 Å². The van der Waals surface area contributed by atoms with Crippen LogP contribution in [-0.4, -0.2) is 47.0 Å². The van der Waals surface area contributed by atoms with Gasteiger partial charge < -0.3 is 14.9 Å². The Hall–Kier alpha value is -3.55. The highest BCUT2D eigenvalue weighted by molar-refractivity contribution is 5.92. The fourth-order valence-electron chi connectivity index (χ4n) is 5.32. The summed E-state index contributed by atoms with van der Waals surface area (Å²) in [6, 6.07) is 12.3. The first-order valence-corrected chi connectivity index (χ1v) is 10.7. The van der Waals surface area contributed by atoms with Crippen molar-refractivity contribution in [3.63, 3.8) is 0 Å². The molecule has 3 aromatic rings. The molecule has 2 saturated heterocycles. The molecule has 1 N–H and O–H groups in total. The van der Waals surface area contributed by atoms with Gasteiger partial charge in [0.25, 0.3) is 6.47 Å². The molecule has 2 aromatic carbocycles. The normalized spacial score (nSPS) is 21.5. The van der Waals surface area contributed by atoms with E-state index in [4.69, 9.17) is 9.90 Å². The molecule has 1 amide bonds. The second-order valence-electron chi connectivity index (χ2n) is 8.52. The maximum absolute atomic E-state index is 14.2. The maximum Gasteiger partial charge on any atom is 0.290 e. The SMILES string of the molecule is CC(=O)N1C[C@H]2CN(c3ccnc4c(F)cc(F)cc34)C[C@H]2[C@H]1c1ccccc1C.O=CO. The Labute approximate surface area is 190 Å². The number of carbonyl (C=O) groups is 2. The minimum Gasteiger partial charge on any atom is -0.483 e. The van der Waals surface area contributed by atoms with Gasteiger partial charge in [-0.3, -0.25) is 14.6 Å². The third kappa shape index (κ3) is 4.13. The van der Waals surface area contributed by atoms with Gasteiger partial charge in [0.2, 0.25) is 5.91 Å². The number of benzene rings is 2. The van der Waals surface area contributed by atoms with Crippen molar-refractivity contribution in [2.75, 3.05) is 24.5 Å². The predicted molar refractivity (Wildman–Crippen MR) is 121 cm³/mol. The lowest BCUT2D eigenvalue weighted by Gasteiger charge is -2.31. The van der Waals surface area contributed by atoms with E-state index in [1.54, 1.807) is 13.1 Å². The summed E-state index contributed by atoms with van der Waals surface area (Å²) in [6.45, 7) is 5.63. The van der Waals surface area contributed by atoms with Gasteiger partial charge in [0, 0.05) is 61.7 Å². The number of halogens is 2. The maximum atomic E-state index is 14.2. The summed E-state index contributed by atoms with van der Waals surface area (Å²) < 4.78 is 28.2. The Morgan fingerprint density at radius 2 is 1.88 bits per heavy atom. The van der Waals surface area contributed by atoms with Gasteiger partial charge in [0.1, 0.15) is 11.3 Å². The van der Waals surface area contributed by atoms with Crippen molar-refractivity contribution in [3.05, 3.63) is 71.4 Å². The van der Waals surface area contributed by atoms with E-state index in [2.05, 4.69) is 28.9 Å². The largest absolute Gasteiger partial charge is 0.483 e. The number of rotatable bonds is 2. The molecule has 8 heteroatoms. The summed E-state index contributed by atoms with van der Waals surface area (Å²) in [6.07, 6.45) is 1.58. The number of pyridine rings is 1. The first-order chi connectivity index (χ1) is 15.8. The molecule has 0 radical (unpaired) electrons. The average Bonchev–Trinajstić information content (AvgIpc) is 3.33. The molecule has 0 aliphatic carbocycles. The minimum atomic E-state index is -0.646. The van der Waals surface area contributed by atoms with Crippen LogP contribution >= 0.6 is 0 Å². The summed E-state index contributed by atoms with van der Waals surface area (Å²) in [7, 11) is 0. The summed E-state index contributed by atoms with van der Waals surface area (Å²) in [5, 5.41) is 7.38. The Bertz CT molecular complexity index is 1200. The van der Waals surface area contributed by atoms with Crippen LogP contribution in [0.15, 0.2) is 48.7 Å². The van der Waals surface area contributed by atoms with E-state index in [-0.39, 0.29) is 29.9 Å². The number of carbonyl (C=O) groups excluding carboxylic acids is 1. The number of hydrogen-bond donors (Lipinski definition) is 1. The molecule has 1 aromatic heterocycles. The number of carboxylic acid groups (broad SMARTS) is 1. The fourth-order valence-corrected chi connectivity index (χ4v) is 5.32. The molecule has 3 atom stereocenters. The van der Waals surface area contributed by atoms with Gasteiger partial charge >= 0.3 is 0 Å². The van der Waals surface area contributed by atoms with Gasteiger partial charge in [-0.25, -0.2) is 8.78 Å². The van der Waals surface area contributed by atoms with Crippen molar-refractivity contribution in [2.24, 2.45) is 11.8 Å². The lowest BCUT2D eigenvalue weighted by Crippen LogP contribution is -2.34. The quantitative estimate of drug-likeness (QED) is 0.590. The van der Waals surface area contributed by atoms with Crippen molar-refractivity contribution in [1.82, 2.24) is 9.88 Å². The molecular weight excluding hydrogens is 428 g/mol. The first-order valence-electron chi connectivity index (χ1n) is 10.7. The van der Waals surface area contributed by atoms with Crippen LogP contribution in [0.5, 0.6) is 0 Å². The molecule has 2 aliphatic heterocycles. The van der Waals surface area contributed by atoms with Crippen molar-refractivity contribution in [1.29, 1.82) is 0 Å². The van der Waals surface area contributed by atoms with Gasteiger partial charge in [-0.05, 0) is 30.2 Å². The third-order valence-electron chi connectivity index (χ3n) is 6.66. The van der Waals surface area contributed by atoms with Crippen LogP contribution in [0, 0.1) is 30.4 Å². The Morgan fingerprint density at radius 1 is 1.15 bits per heavy atom. The Morgan fingerprint density at radius 3 is 2.58 bits per heavy atom. The van der Waals surface area contributed by atoms with Crippen LogP contribution in [0.2, 0.25) is 0 Å². The van der Waals surface area contributed by atoms with Crippen molar-refractivity contribution >= 4 is 29.0 Å². The molecule has 2 aliphatic rings. The third-order valence-corrected chi connectivity index (χ3v) is 6.66. The second kappa shape index (κ2) is 9.13. The molecule has 33 heavy (non-hydrogen) atoms. The Balaban J connectivity index is 0.000000821. The van der Waals surface area contributed by atoms with Gasteiger partial charge in [0.15, 0.2) is 5.82 Å². The highest BCUT2D eigenvalue weighted by Crippen LogP contribution is 2.47. The molecule has 0 saturated carbocycles. The van der Waals surface area contributed by atoms with Gasteiger partial charge in [-0.2, -0.15) is 0 Å². The standard InChI is InChI=1S/C24H23F2N3O.CH2O2/c1-14-5-3-4-6-18(14)24-20-13-28(11-16(20)12-29(24)15(2)30)22-7-8-27-23-19(22)9-17(25)10-21(23)26;2-1-3/h3-10,16,20,24H,11-13H2,1-2H3;1H,(H,2,3)/t16-,20-,24-;/m1./s1. The summed E-state index contributed by atoms with van der Waals surface area (Å²) in [4.78, 5) is 29.1. The number of likely N-dealkylation sites (tertiary alicyclic amines) is 1. The van der Waals surface area contributed by atoms with Gasteiger partial charge in [-0.1, -0.05) is 24.3 Å². The van der Waals surface area contributed by atoms with Gasteiger partial charge in [0.05, 0.1) is 6.04 Å².